The first-order valence-electron chi connectivity index (χ1n) is 7.76. The third-order valence-corrected chi connectivity index (χ3v) is 4.16. The molecule has 110 valence electrons. The van der Waals surface area contributed by atoms with E-state index in [0.29, 0.717) is 5.89 Å². The molecule has 4 rings (SSSR count). The molecular formula is C19H18N2O. The van der Waals surface area contributed by atoms with E-state index >= 15 is 0 Å². The molecule has 3 aromatic rings. The van der Waals surface area contributed by atoms with Gasteiger partial charge in [-0.3, -0.25) is 0 Å². The van der Waals surface area contributed by atoms with Crippen LogP contribution in [0.25, 0.3) is 22.7 Å². The maximum Gasteiger partial charge on any atom is 0.226 e. The molecule has 0 amide bonds. The van der Waals surface area contributed by atoms with Crippen LogP contribution >= 0.6 is 0 Å². The maximum absolute atomic E-state index is 5.61. The molecule has 3 nitrogen and oxygen atoms in total. The molecule has 0 bridgehead atoms. The number of oxazole rings is 1. The van der Waals surface area contributed by atoms with Gasteiger partial charge in [0.05, 0.1) is 0 Å². The molecule has 1 aliphatic rings. The molecule has 2 heterocycles. The van der Waals surface area contributed by atoms with Crippen LogP contribution in [0.3, 0.4) is 0 Å². The Kier molecular flexibility index (Phi) is 3.39. The molecular weight excluding hydrogens is 272 g/mol. The van der Waals surface area contributed by atoms with E-state index in [1.54, 1.807) is 6.26 Å². The summed E-state index contributed by atoms with van der Waals surface area (Å²) in [6, 6.07) is 18.6. The number of benzene rings is 2. The van der Waals surface area contributed by atoms with Gasteiger partial charge in [-0.15, -0.1) is 0 Å². The minimum Gasteiger partial charge on any atom is -0.444 e. The summed E-state index contributed by atoms with van der Waals surface area (Å²) >= 11 is 0. The van der Waals surface area contributed by atoms with E-state index in [0.717, 1.165) is 16.8 Å². The molecule has 0 radical (unpaired) electrons. The lowest BCUT2D eigenvalue weighted by Crippen LogP contribution is -2.17. The van der Waals surface area contributed by atoms with Crippen molar-refractivity contribution in [3.63, 3.8) is 0 Å². The highest BCUT2D eigenvalue weighted by Gasteiger charge is 2.13. The Bertz CT molecular complexity index is 741. The van der Waals surface area contributed by atoms with E-state index in [2.05, 4.69) is 34.1 Å². The summed E-state index contributed by atoms with van der Waals surface area (Å²) in [7, 11) is 0. The second-order valence-electron chi connectivity index (χ2n) is 5.64. The van der Waals surface area contributed by atoms with Gasteiger partial charge < -0.3 is 9.32 Å². The maximum atomic E-state index is 5.61. The van der Waals surface area contributed by atoms with Crippen LogP contribution in [-0.2, 0) is 0 Å². The third kappa shape index (κ3) is 2.50. The topological polar surface area (TPSA) is 29.3 Å². The van der Waals surface area contributed by atoms with Crippen molar-refractivity contribution in [1.29, 1.82) is 0 Å². The van der Waals surface area contributed by atoms with Crippen LogP contribution < -0.4 is 4.90 Å². The van der Waals surface area contributed by atoms with Gasteiger partial charge in [0.15, 0.2) is 0 Å². The Hall–Kier alpha value is -2.55. The summed E-state index contributed by atoms with van der Waals surface area (Å²) in [4.78, 5) is 7.03. The summed E-state index contributed by atoms with van der Waals surface area (Å²) in [6.07, 6.45) is 4.32. The normalized spacial score (nSPS) is 14.5. The zero-order valence-electron chi connectivity index (χ0n) is 12.4. The van der Waals surface area contributed by atoms with Gasteiger partial charge in [0.25, 0.3) is 0 Å². The molecule has 0 aliphatic carbocycles. The molecule has 1 fully saturated rings. The van der Waals surface area contributed by atoms with Crippen LogP contribution in [0, 0.1) is 0 Å². The minimum absolute atomic E-state index is 0.666. The van der Waals surface area contributed by atoms with Gasteiger partial charge in [-0.05, 0) is 37.1 Å². The Morgan fingerprint density at radius 1 is 0.818 bits per heavy atom. The molecule has 1 saturated heterocycles. The molecule has 0 atom stereocenters. The fourth-order valence-corrected chi connectivity index (χ4v) is 2.94. The first kappa shape index (κ1) is 13.1. The second-order valence-corrected chi connectivity index (χ2v) is 5.64. The van der Waals surface area contributed by atoms with Gasteiger partial charge in [0.1, 0.15) is 12.0 Å². The van der Waals surface area contributed by atoms with Gasteiger partial charge in [0.2, 0.25) is 5.89 Å². The summed E-state index contributed by atoms with van der Waals surface area (Å²) in [5, 5.41) is 0. The first-order valence-corrected chi connectivity index (χ1v) is 7.76. The highest BCUT2D eigenvalue weighted by molar-refractivity contribution is 5.65. The van der Waals surface area contributed by atoms with E-state index < -0.39 is 0 Å². The van der Waals surface area contributed by atoms with E-state index in [9.17, 15) is 0 Å². The van der Waals surface area contributed by atoms with Gasteiger partial charge in [-0.1, -0.05) is 30.3 Å². The van der Waals surface area contributed by atoms with Gasteiger partial charge in [-0.2, -0.15) is 0 Å². The quantitative estimate of drug-likeness (QED) is 0.705. The van der Waals surface area contributed by atoms with Crippen molar-refractivity contribution in [1.82, 2.24) is 4.98 Å². The van der Waals surface area contributed by atoms with E-state index in [4.69, 9.17) is 4.42 Å². The minimum atomic E-state index is 0.666. The second kappa shape index (κ2) is 5.68. The standard InChI is InChI=1S/C19H18N2O/c1-2-6-16(7-3-1)19-20-18(14-22-19)15-8-10-17(11-9-15)21-12-4-5-13-21/h1-3,6-11,14H,4-5,12-13H2. The molecule has 3 heteroatoms. The number of rotatable bonds is 3. The lowest BCUT2D eigenvalue weighted by atomic mass is 10.1. The number of aromatic nitrogens is 1. The molecule has 1 aromatic heterocycles. The van der Waals surface area contributed by atoms with Crippen molar-refractivity contribution >= 4 is 5.69 Å². The predicted octanol–water partition coefficient (Wildman–Crippen LogP) is 4.61. The Morgan fingerprint density at radius 3 is 2.27 bits per heavy atom. The number of hydrogen-bond acceptors (Lipinski definition) is 3. The summed E-state index contributed by atoms with van der Waals surface area (Å²) in [6.45, 7) is 2.34. The van der Waals surface area contributed by atoms with E-state index in [-0.39, 0.29) is 0 Å². The van der Waals surface area contributed by atoms with Crippen molar-refractivity contribution in [2.75, 3.05) is 18.0 Å². The largest absolute Gasteiger partial charge is 0.444 e. The van der Waals surface area contributed by atoms with Gasteiger partial charge >= 0.3 is 0 Å². The lowest BCUT2D eigenvalue weighted by Gasteiger charge is -2.17. The zero-order valence-corrected chi connectivity index (χ0v) is 12.4. The predicted molar refractivity (Wildman–Crippen MR) is 88.8 cm³/mol. The fourth-order valence-electron chi connectivity index (χ4n) is 2.94. The van der Waals surface area contributed by atoms with Crippen molar-refractivity contribution < 1.29 is 4.42 Å². The molecule has 22 heavy (non-hydrogen) atoms. The first-order chi connectivity index (χ1) is 10.9. The van der Waals surface area contributed by atoms with E-state index in [1.807, 2.05) is 30.3 Å². The summed E-state index contributed by atoms with van der Waals surface area (Å²) < 4.78 is 5.61. The van der Waals surface area contributed by atoms with Crippen LogP contribution in [0.5, 0.6) is 0 Å². The van der Waals surface area contributed by atoms with Crippen molar-refractivity contribution in [3.8, 4) is 22.7 Å². The molecule has 0 spiro atoms. The average molecular weight is 290 g/mol. The van der Waals surface area contributed by atoms with Gasteiger partial charge in [0, 0.05) is 29.9 Å². The smallest absolute Gasteiger partial charge is 0.226 e. The monoisotopic (exact) mass is 290 g/mol. The molecule has 2 aromatic carbocycles. The molecule has 0 N–H and O–H groups in total. The van der Waals surface area contributed by atoms with Gasteiger partial charge in [-0.25, -0.2) is 4.98 Å². The average Bonchev–Trinajstić information content (AvgIpc) is 3.28. The fraction of sp³-hybridized carbons (Fsp3) is 0.211. The van der Waals surface area contributed by atoms with Crippen molar-refractivity contribution in [2.24, 2.45) is 0 Å². The highest BCUT2D eigenvalue weighted by Crippen LogP contribution is 2.27. The number of nitrogens with zero attached hydrogens (tertiary/aromatic N) is 2. The zero-order chi connectivity index (χ0) is 14.8. The van der Waals surface area contributed by atoms with Crippen LogP contribution in [-0.4, -0.2) is 18.1 Å². The van der Waals surface area contributed by atoms with E-state index in [1.165, 1.54) is 31.6 Å². The molecule has 0 saturated carbocycles. The number of hydrogen-bond donors (Lipinski definition) is 0. The van der Waals surface area contributed by atoms with Crippen LogP contribution in [0.1, 0.15) is 12.8 Å². The SMILES string of the molecule is c1ccc(-c2nc(-c3ccc(N4CCCC4)cc3)co2)cc1. The van der Waals surface area contributed by atoms with Crippen LogP contribution in [0.2, 0.25) is 0 Å². The number of anilines is 1. The third-order valence-electron chi connectivity index (χ3n) is 4.16. The van der Waals surface area contributed by atoms with Crippen molar-refractivity contribution in [2.45, 2.75) is 12.8 Å². The summed E-state index contributed by atoms with van der Waals surface area (Å²) in [5.74, 6) is 0.666. The van der Waals surface area contributed by atoms with Crippen LogP contribution in [0.4, 0.5) is 5.69 Å². The molecule has 1 aliphatic heterocycles. The molecule has 0 unspecified atom stereocenters. The van der Waals surface area contributed by atoms with Crippen LogP contribution in [0.15, 0.2) is 65.3 Å². The highest BCUT2D eigenvalue weighted by atomic mass is 16.3. The lowest BCUT2D eigenvalue weighted by molar-refractivity contribution is 0.575. The van der Waals surface area contributed by atoms with Crippen molar-refractivity contribution in [3.05, 3.63) is 60.9 Å². The Balaban J connectivity index is 1.58. The Morgan fingerprint density at radius 2 is 1.55 bits per heavy atom. The Labute approximate surface area is 130 Å². The summed E-state index contributed by atoms with van der Waals surface area (Å²) in [5.41, 5.74) is 4.27.